The SMILES string of the molecule is [F].[Mg+2].[Mn+2].[O]=[GeH][O-].[O]=[GeH][O-].[O]=[GeH][O-].[O]=[GeH][O-]. The minimum absolute atomic E-state index is 0. The molecular weight excluding hydrogens is 517 g/mol. The minimum atomic E-state index is -2.19. The quantitative estimate of drug-likeness (QED) is 0.285. The average Bonchev–Trinajstić information content (AvgIpc) is 1.92. The summed E-state index contributed by atoms with van der Waals surface area (Å²) >= 11 is -8.75. The van der Waals surface area contributed by atoms with Crippen LogP contribution in [0.4, 0.5) is 4.70 Å². The van der Waals surface area contributed by atoms with E-state index in [4.69, 9.17) is 31.6 Å². The van der Waals surface area contributed by atoms with E-state index in [1.807, 2.05) is 0 Å². The van der Waals surface area contributed by atoms with Crippen LogP contribution in [-0.4, -0.2) is 85.9 Å². The predicted octanol–water partition coefficient (Wildman–Crippen LogP) is -7.79. The second-order valence-corrected chi connectivity index (χ2v) is 2.00. The molecule has 0 saturated carbocycles. The first-order valence-corrected chi connectivity index (χ1v) is 9.80. The van der Waals surface area contributed by atoms with Gasteiger partial charge in [0.05, 0.1) is 0 Å². The average molecular weight is 521 g/mol. The van der Waals surface area contributed by atoms with E-state index in [0.717, 1.165) is 0 Å². The van der Waals surface area contributed by atoms with Crippen LogP contribution in [0, 0.1) is 0 Å². The molecule has 0 N–H and O–H groups in total. The van der Waals surface area contributed by atoms with Crippen molar-refractivity contribution in [3.8, 4) is 0 Å². The molecule has 0 aliphatic heterocycles. The second kappa shape index (κ2) is 103. The molecule has 0 aromatic carbocycles. The Morgan fingerprint density at radius 1 is 0.600 bits per heavy atom. The Labute approximate surface area is 137 Å². The van der Waals surface area contributed by atoms with E-state index in [0.29, 0.717) is 0 Å². The molecule has 2 radical (unpaired) electrons. The van der Waals surface area contributed by atoms with Crippen molar-refractivity contribution < 1.29 is 53.4 Å². The van der Waals surface area contributed by atoms with E-state index >= 15 is 0 Å². The maximum atomic E-state index is 8.53. The van der Waals surface area contributed by atoms with E-state index in [-0.39, 0.29) is 44.8 Å². The van der Waals surface area contributed by atoms with Crippen LogP contribution in [0.2, 0.25) is 0 Å². The Balaban J connectivity index is -0.0000000107. The Kier molecular flexibility index (Phi) is 300. The molecule has 0 bridgehead atoms. The van der Waals surface area contributed by atoms with Gasteiger partial charge in [0.25, 0.3) is 0 Å². The molecule has 0 rings (SSSR count). The Morgan fingerprint density at radius 2 is 0.600 bits per heavy atom. The summed E-state index contributed by atoms with van der Waals surface area (Å²) in [6.07, 6.45) is 0. The molecular formula is H4FGe4MgMnO8. The molecule has 15 heavy (non-hydrogen) atoms. The van der Waals surface area contributed by atoms with E-state index < -0.39 is 62.8 Å². The zero-order valence-corrected chi connectivity index (χ0v) is 19.3. The van der Waals surface area contributed by atoms with Gasteiger partial charge in [-0.2, -0.15) is 0 Å². The van der Waals surface area contributed by atoms with Gasteiger partial charge in [-0.15, -0.1) is 0 Å². The molecule has 0 spiro atoms. The van der Waals surface area contributed by atoms with Crippen molar-refractivity contribution in [2.75, 3.05) is 0 Å². The Morgan fingerprint density at radius 3 is 0.600 bits per heavy atom. The van der Waals surface area contributed by atoms with Crippen LogP contribution in [0.15, 0.2) is 0 Å². The van der Waals surface area contributed by atoms with Crippen LogP contribution in [0.3, 0.4) is 0 Å². The van der Waals surface area contributed by atoms with Crippen LogP contribution < -0.4 is 16.5 Å². The van der Waals surface area contributed by atoms with Crippen LogP contribution in [-0.2, 0) is 32.2 Å². The van der Waals surface area contributed by atoms with Crippen LogP contribution >= 0.6 is 0 Å². The van der Waals surface area contributed by atoms with Gasteiger partial charge in [-0.05, 0) is 0 Å². The molecule has 0 aromatic rings. The van der Waals surface area contributed by atoms with Crippen LogP contribution in [0.1, 0.15) is 0 Å². The number of hydrogen-bond donors (Lipinski definition) is 0. The van der Waals surface area contributed by atoms with Gasteiger partial charge in [0.15, 0.2) is 0 Å². The van der Waals surface area contributed by atoms with Gasteiger partial charge in [-0.25, -0.2) is 0 Å². The van der Waals surface area contributed by atoms with Crippen molar-refractivity contribution in [1.29, 1.82) is 0 Å². The van der Waals surface area contributed by atoms with Crippen molar-refractivity contribution in [2.24, 2.45) is 0 Å². The third-order valence-corrected chi connectivity index (χ3v) is 0. The topological polar surface area (TPSA) is 161 Å². The van der Waals surface area contributed by atoms with Gasteiger partial charge in [0, 0.05) is 4.70 Å². The monoisotopic (exact) mass is 526 g/mol. The molecule has 0 atom stereocenters. The summed E-state index contributed by atoms with van der Waals surface area (Å²) in [6, 6.07) is 0. The number of hydrogen-bond acceptors (Lipinski definition) is 8. The standard InChI is InChI=1S/F.4GeHO2.Mg.Mn/c;4*2-1-3;;/h;4*1H;;/q;4*-1;2*+2. The third-order valence-electron chi connectivity index (χ3n) is 0. The number of rotatable bonds is 0. The summed E-state index contributed by atoms with van der Waals surface area (Å²) in [4.78, 5) is 0. The molecule has 0 amide bonds. The van der Waals surface area contributed by atoms with Gasteiger partial charge >= 0.3 is 135 Å². The summed E-state index contributed by atoms with van der Waals surface area (Å²) in [6.45, 7) is 0. The van der Waals surface area contributed by atoms with Crippen molar-refractivity contribution in [3.63, 3.8) is 0 Å². The maximum absolute atomic E-state index is 8.53. The molecule has 0 aliphatic rings. The van der Waals surface area contributed by atoms with Gasteiger partial charge in [0.1, 0.15) is 0 Å². The van der Waals surface area contributed by atoms with Crippen molar-refractivity contribution in [1.82, 2.24) is 0 Å². The van der Waals surface area contributed by atoms with Crippen LogP contribution in [0.25, 0.3) is 0 Å². The Bertz CT molecular complexity index is 80.6. The van der Waals surface area contributed by atoms with Gasteiger partial charge in [0.2, 0.25) is 0 Å². The Hall–Kier alpha value is 1.79. The normalized spacial score (nSPS) is 3.20. The molecule has 84 valence electrons. The molecule has 0 saturated heterocycles. The molecule has 15 heteroatoms. The van der Waals surface area contributed by atoms with Gasteiger partial charge < -0.3 is 0 Å². The van der Waals surface area contributed by atoms with E-state index in [1.165, 1.54) is 0 Å². The molecule has 0 aromatic heterocycles. The summed E-state index contributed by atoms with van der Waals surface area (Å²) in [5, 5.41) is 0. The summed E-state index contributed by atoms with van der Waals surface area (Å²) in [5.41, 5.74) is 0. The molecule has 0 unspecified atom stereocenters. The predicted molar refractivity (Wildman–Crippen MR) is 38.2 cm³/mol. The first kappa shape index (κ1) is 43.7. The van der Waals surface area contributed by atoms with E-state index in [9.17, 15) is 0 Å². The summed E-state index contributed by atoms with van der Waals surface area (Å²) in [7, 11) is 0. The van der Waals surface area contributed by atoms with Crippen molar-refractivity contribution >= 4 is 85.9 Å². The fourth-order valence-corrected chi connectivity index (χ4v) is 0. The molecule has 0 aliphatic carbocycles. The third kappa shape index (κ3) is 940. The fraction of sp³-hybridized carbons (Fsp3) is 0. The van der Waals surface area contributed by atoms with E-state index in [1.54, 1.807) is 0 Å². The van der Waals surface area contributed by atoms with Crippen molar-refractivity contribution in [3.05, 3.63) is 0 Å². The van der Waals surface area contributed by atoms with Gasteiger partial charge in [-0.3, -0.25) is 0 Å². The molecule has 0 heterocycles. The second-order valence-electron chi connectivity index (χ2n) is 0.385. The van der Waals surface area contributed by atoms with E-state index in [2.05, 4.69) is 0 Å². The fourth-order valence-electron chi connectivity index (χ4n) is 0. The van der Waals surface area contributed by atoms with Gasteiger partial charge in [-0.1, -0.05) is 0 Å². The molecule has 0 fully saturated rings. The zero-order chi connectivity index (χ0) is 10.8. The van der Waals surface area contributed by atoms with Crippen molar-refractivity contribution in [2.45, 2.75) is 0 Å². The van der Waals surface area contributed by atoms with Crippen LogP contribution in [0.5, 0.6) is 0 Å². The first-order chi connectivity index (χ1) is 5.66. The zero-order valence-electron chi connectivity index (χ0n) is 7.04. The molecule has 8 nitrogen and oxygen atoms in total. The number of halogens is 1. The summed E-state index contributed by atoms with van der Waals surface area (Å²) in [5.74, 6) is 0. The first-order valence-electron chi connectivity index (χ1n) is 1.89. The summed E-state index contributed by atoms with van der Waals surface area (Å²) < 4.78 is 68.2.